The lowest BCUT2D eigenvalue weighted by Crippen LogP contribution is -2.17. The monoisotopic (exact) mass is 388 g/mol. The molecule has 0 unspecified atom stereocenters. The molecule has 0 aliphatic carbocycles. The zero-order valence-electron chi connectivity index (χ0n) is 14.1. The van der Waals surface area contributed by atoms with Crippen molar-refractivity contribution in [2.45, 2.75) is 18.2 Å². The third kappa shape index (κ3) is 4.20. The molecule has 3 aromatic rings. The Morgan fingerprint density at radius 2 is 1.81 bits per heavy atom. The molecule has 2 aromatic carbocycles. The van der Waals surface area contributed by atoms with Gasteiger partial charge in [0.1, 0.15) is 0 Å². The molecule has 0 aliphatic rings. The Kier molecular flexibility index (Phi) is 5.25. The van der Waals surface area contributed by atoms with Crippen molar-refractivity contribution in [3.05, 3.63) is 65.3 Å². The van der Waals surface area contributed by atoms with Gasteiger partial charge >= 0.3 is 0 Å². The number of amides is 1. The predicted molar refractivity (Wildman–Crippen MR) is 103 cm³/mol. The van der Waals surface area contributed by atoms with Gasteiger partial charge in [-0.1, -0.05) is 29.8 Å². The molecule has 5 nitrogen and oxygen atoms in total. The van der Waals surface area contributed by atoms with Gasteiger partial charge < -0.3 is 5.32 Å². The van der Waals surface area contributed by atoms with Gasteiger partial charge in [0.25, 0.3) is 0 Å². The Morgan fingerprint density at radius 1 is 1.08 bits per heavy atom. The first-order valence-electron chi connectivity index (χ1n) is 8.00. The summed E-state index contributed by atoms with van der Waals surface area (Å²) in [5, 5.41) is 4.12. The summed E-state index contributed by atoms with van der Waals surface area (Å²) < 4.78 is 24.6. The lowest BCUT2D eigenvalue weighted by molar-refractivity contribution is -0.115. The van der Waals surface area contributed by atoms with E-state index in [2.05, 4.69) is 10.3 Å². The third-order valence-corrected chi connectivity index (χ3v) is 5.89. The fourth-order valence-electron chi connectivity index (χ4n) is 2.55. The molecule has 1 heterocycles. The molecule has 0 bridgehead atoms. The summed E-state index contributed by atoms with van der Waals surface area (Å²) in [7, 11) is -3.55. The summed E-state index contributed by atoms with van der Waals surface area (Å²) in [6.45, 7) is 1.87. The predicted octanol–water partition coefficient (Wildman–Crippen LogP) is 4.00. The Balaban J connectivity index is 1.72. The molecule has 0 spiro atoms. The lowest BCUT2D eigenvalue weighted by atomic mass is 10.1. The van der Waals surface area contributed by atoms with Crippen molar-refractivity contribution in [2.75, 3.05) is 11.1 Å². The van der Waals surface area contributed by atoms with Gasteiger partial charge in [0.2, 0.25) is 5.91 Å². The number of pyridine rings is 1. The highest BCUT2D eigenvalue weighted by Crippen LogP contribution is 2.22. The van der Waals surface area contributed by atoms with E-state index in [1.54, 1.807) is 6.07 Å². The van der Waals surface area contributed by atoms with E-state index >= 15 is 0 Å². The Hall–Kier alpha value is -2.44. The van der Waals surface area contributed by atoms with Crippen molar-refractivity contribution >= 4 is 43.9 Å². The van der Waals surface area contributed by atoms with Gasteiger partial charge in [-0.05, 0) is 43.3 Å². The number of sulfone groups is 1. The minimum Gasteiger partial charge on any atom is -0.324 e. The largest absolute Gasteiger partial charge is 0.324 e. The normalized spacial score (nSPS) is 11.5. The van der Waals surface area contributed by atoms with Crippen LogP contribution in [0.1, 0.15) is 12.1 Å². The van der Waals surface area contributed by atoms with Crippen LogP contribution < -0.4 is 5.32 Å². The summed E-state index contributed by atoms with van der Waals surface area (Å²) in [5.74, 6) is -0.657. The molecular formula is C19H17ClN2O3S. The van der Waals surface area contributed by atoms with Gasteiger partial charge in [-0.25, -0.2) is 8.42 Å². The standard InChI is InChI=1S/C19H17ClN2O3S/c1-13-5-6-14-3-2-4-17(19(14)21-13)22-18(23)11-12-26(24,25)16-9-7-15(20)8-10-16/h2-10H,11-12H2,1H3,(H,22,23). The molecule has 134 valence electrons. The number of para-hydroxylation sites is 1. The molecule has 1 N–H and O–H groups in total. The molecule has 0 atom stereocenters. The zero-order valence-corrected chi connectivity index (χ0v) is 15.6. The highest BCUT2D eigenvalue weighted by Gasteiger charge is 2.17. The Morgan fingerprint density at radius 3 is 2.54 bits per heavy atom. The van der Waals surface area contributed by atoms with Crippen molar-refractivity contribution < 1.29 is 13.2 Å². The van der Waals surface area contributed by atoms with Gasteiger partial charge in [0.05, 0.1) is 21.9 Å². The summed E-state index contributed by atoms with van der Waals surface area (Å²) >= 11 is 5.77. The minimum atomic E-state index is -3.55. The number of nitrogens with zero attached hydrogens (tertiary/aromatic N) is 1. The van der Waals surface area contributed by atoms with Crippen LogP contribution in [0, 0.1) is 6.92 Å². The van der Waals surface area contributed by atoms with Crippen molar-refractivity contribution in [3.63, 3.8) is 0 Å². The van der Waals surface area contributed by atoms with Gasteiger partial charge in [-0.15, -0.1) is 0 Å². The molecule has 7 heteroatoms. The second-order valence-corrected chi connectivity index (χ2v) is 8.45. The number of carbonyl (C=O) groups excluding carboxylic acids is 1. The van der Waals surface area contributed by atoms with Gasteiger partial charge in [0.15, 0.2) is 9.84 Å². The van der Waals surface area contributed by atoms with E-state index in [1.807, 2.05) is 31.2 Å². The van der Waals surface area contributed by atoms with E-state index in [-0.39, 0.29) is 23.0 Å². The zero-order chi connectivity index (χ0) is 18.7. The molecule has 0 aliphatic heterocycles. The topological polar surface area (TPSA) is 76.1 Å². The van der Waals surface area contributed by atoms with E-state index in [4.69, 9.17) is 11.6 Å². The second kappa shape index (κ2) is 7.43. The molecule has 1 amide bonds. The molecule has 3 rings (SSSR count). The number of rotatable bonds is 5. The third-order valence-electron chi connectivity index (χ3n) is 3.90. The molecule has 26 heavy (non-hydrogen) atoms. The molecule has 0 saturated heterocycles. The lowest BCUT2D eigenvalue weighted by Gasteiger charge is -2.09. The first-order chi connectivity index (χ1) is 12.3. The first-order valence-corrected chi connectivity index (χ1v) is 10.0. The number of benzene rings is 2. The van der Waals surface area contributed by atoms with E-state index in [1.165, 1.54) is 24.3 Å². The maximum Gasteiger partial charge on any atom is 0.225 e. The molecule has 0 radical (unpaired) electrons. The fraction of sp³-hybridized carbons (Fsp3) is 0.158. The average molecular weight is 389 g/mol. The fourth-order valence-corrected chi connectivity index (χ4v) is 3.91. The number of fused-ring (bicyclic) bond motifs is 1. The highest BCUT2D eigenvalue weighted by molar-refractivity contribution is 7.91. The molecule has 0 saturated carbocycles. The van der Waals surface area contributed by atoms with E-state index < -0.39 is 9.84 Å². The Labute approximate surface area is 156 Å². The van der Waals surface area contributed by atoms with Crippen LogP contribution in [-0.2, 0) is 14.6 Å². The number of anilines is 1. The summed E-state index contributed by atoms with van der Waals surface area (Å²) in [4.78, 5) is 16.8. The number of aromatic nitrogens is 1. The van der Waals surface area contributed by atoms with Crippen LogP contribution >= 0.6 is 11.6 Å². The van der Waals surface area contributed by atoms with Crippen LogP contribution in [-0.4, -0.2) is 25.1 Å². The van der Waals surface area contributed by atoms with Crippen molar-refractivity contribution in [1.29, 1.82) is 0 Å². The van der Waals surface area contributed by atoms with Crippen molar-refractivity contribution in [2.24, 2.45) is 0 Å². The van der Waals surface area contributed by atoms with Gasteiger partial charge in [-0.2, -0.15) is 0 Å². The van der Waals surface area contributed by atoms with E-state index in [9.17, 15) is 13.2 Å². The second-order valence-electron chi connectivity index (χ2n) is 5.90. The number of carbonyl (C=O) groups is 1. The van der Waals surface area contributed by atoms with Crippen LogP contribution in [0.15, 0.2) is 59.5 Å². The van der Waals surface area contributed by atoms with Gasteiger partial charge in [0, 0.05) is 22.5 Å². The molecular weight excluding hydrogens is 372 g/mol. The maximum absolute atomic E-state index is 12.3. The van der Waals surface area contributed by atoms with E-state index in [0.29, 0.717) is 16.2 Å². The highest BCUT2D eigenvalue weighted by atomic mass is 35.5. The molecule has 1 aromatic heterocycles. The SMILES string of the molecule is Cc1ccc2cccc(NC(=O)CCS(=O)(=O)c3ccc(Cl)cc3)c2n1. The number of hydrogen-bond acceptors (Lipinski definition) is 4. The number of nitrogens with one attached hydrogen (secondary N) is 1. The van der Waals surface area contributed by atoms with Crippen LogP contribution in [0.5, 0.6) is 0 Å². The summed E-state index contributed by atoms with van der Waals surface area (Å²) in [6, 6.07) is 15.2. The quantitative estimate of drug-likeness (QED) is 0.716. The number of halogens is 1. The summed E-state index contributed by atoms with van der Waals surface area (Å²) in [6.07, 6.45) is -0.146. The van der Waals surface area contributed by atoms with E-state index in [0.717, 1.165) is 11.1 Å². The Bertz CT molecular complexity index is 1060. The minimum absolute atomic E-state index is 0.146. The molecule has 0 fully saturated rings. The smallest absolute Gasteiger partial charge is 0.225 e. The summed E-state index contributed by atoms with van der Waals surface area (Å²) in [5.41, 5.74) is 2.09. The van der Waals surface area contributed by atoms with Crippen molar-refractivity contribution in [1.82, 2.24) is 4.98 Å². The van der Waals surface area contributed by atoms with Crippen LogP contribution in [0.4, 0.5) is 5.69 Å². The van der Waals surface area contributed by atoms with Gasteiger partial charge in [-0.3, -0.25) is 9.78 Å². The van der Waals surface area contributed by atoms with Crippen LogP contribution in [0.3, 0.4) is 0 Å². The van der Waals surface area contributed by atoms with Crippen molar-refractivity contribution in [3.8, 4) is 0 Å². The first kappa shape index (κ1) is 18.4. The number of hydrogen-bond donors (Lipinski definition) is 1. The number of aryl methyl sites for hydroxylation is 1. The average Bonchev–Trinajstić information content (AvgIpc) is 2.61. The maximum atomic E-state index is 12.3. The van der Waals surface area contributed by atoms with Crippen LogP contribution in [0.2, 0.25) is 5.02 Å². The van der Waals surface area contributed by atoms with Crippen LogP contribution in [0.25, 0.3) is 10.9 Å².